The Hall–Kier alpha value is -2.38. The maximum Gasteiger partial charge on any atom is 0.420 e. The van der Waals surface area contributed by atoms with Crippen LogP contribution in [0.3, 0.4) is 0 Å². The maximum absolute atomic E-state index is 13.7. The molecule has 0 radical (unpaired) electrons. The van der Waals surface area contributed by atoms with Crippen molar-refractivity contribution in [2.24, 2.45) is 4.99 Å². The number of alkyl halides is 3. The standard InChI is InChI=1S/C18H11F3N2S2/c19-18(20,21)17(13-7-5-11(22-13)15-3-1-9-24-15)14-8-6-12(23-14)16-4-2-10-25-16/h1-10,22H. The molecule has 3 aromatic heterocycles. The zero-order valence-electron chi connectivity index (χ0n) is 12.7. The van der Waals surface area contributed by atoms with Gasteiger partial charge in [-0.25, -0.2) is 4.99 Å². The van der Waals surface area contributed by atoms with E-state index in [2.05, 4.69) is 9.98 Å². The molecule has 2 nitrogen and oxygen atoms in total. The van der Waals surface area contributed by atoms with Gasteiger partial charge in [-0.15, -0.1) is 22.7 Å². The molecular weight excluding hydrogens is 365 g/mol. The Bertz CT molecular complexity index is 972. The van der Waals surface area contributed by atoms with Crippen LogP contribution >= 0.6 is 22.7 Å². The number of rotatable bonds is 3. The quantitative estimate of drug-likeness (QED) is 0.569. The van der Waals surface area contributed by atoms with Crippen LogP contribution in [0.25, 0.3) is 16.1 Å². The molecule has 25 heavy (non-hydrogen) atoms. The molecule has 3 aromatic rings. The maximum atomic E-state index is 13.7. The highest BCUT2D eigenvalue weighted by molar-refractivity contribution is 7.13. The zero-order valence-corrected chi connectivity index (χ0v) is 14.3. The van der Waals surface area contributed by atoms with Gasteiger partial charge in [-0.2, -0.15) is 13.2 Å². The van der Waals surface area contributed by atoms with Gasteiger partial charge >= 0.3 is 6.18 Å². The summed E-state index contributed by atoms with van der Waals surface area (Å²) in [5.41, 5.74) is 0.411. The minimum absolute atomic E-state index is 0.0201. The van der Waals surface area contributed by atoms with Gasteiger partial charge in [0, 0.05) is 0 Å². The first-order valence-electron chi connectivity index (χ1n) is 7.38. The van der Waals surface area contributed by atoms with Crippen LogP contribution in [0.5, 0.6) is 0 Å². The van der Waals surface area contributed by atoms with Crippen molar-refractivity contribution in [2.45, 2.75) is 6.18 Å². The Balaban J connectivity index is 1.79. The van der Waals surface area contributed by atoms with E-state index in [-0.39, 0.29) is 11.4 Å². The minimum atomic E-state index is -4.51. The fourth-order valence-corrected chi connectivity index (χ4v) is 4.02. The van der Waals surface area contributed by atoms with Crippen molar-refractivity contribution in [2.75, 3.05) is 0 Å². The van der Waals surface area contributed by atoms with Gasteiger partial charge in [-0.05, 0) is 47.2 Å². The number of hydrogen-bond acceptors (Lipinski definition) is 3. The lowest BCUT2D eigenvalue weighted by Crippen LogP contribution is -2.12. The molecule has 1 aliphatic rings. The lowest BCUT2D eigenvalue weighted by molar-refractivity contribution is -0.0695. The van der Waals surface area contributed by atoms with E-state index in [4.69, 9.17) is 0 Å². The monoisotopic (exact) mass is 376 g/mol. The van der Waals surface area contributed by atoms with Gasteiger partial charge < -0.3 is 4.98 Å². The number of nitrogens with zero attached hydrogens (tertiary/aromatic N) is 1. The van der Waals surface area contributed by atoms with Crippen LogP contribution < -0.4 is 0 Å². The smallest absolute Gasteiger partial charge is 0.354 e. The summed E-state index contributed by atoms with van der Waals surface area (Å²) in [5, 5.41) is 3.76. The number of aromatic amines is 1. The van der Waals surface area contributed by atoms with Crippen molar-refractivity contribution in [1.82, 2.24) is 4.98 Å². The third kappa shape index (κ3) is 3.12. The molecule has 7 heteroatoms. The summed E-state index contributed by atoms with van der Waals surface area (Å²) in [4.78, 5) is 8.82. The summed E-state index contributed by atoms with van der Waals surface area (Å²) in [7, 11) is 0. The molecule has 0 atom stereocenters. The molecular formula is C18H11F3N2S2. The predicted octanol–water partition coefficient (Wildman–Crippen LogP) is 6.14. The number of aliphatic imine (C=N–C) groups is 1. The van der Waals surface area contributed by atoms with E-state index in [1.807, 2.05) is 35.0 Å². The molecule has 0 fully saturated rings. The fraction of sp³-hybridized carbons (Fsp3) is 0.0556. The van der Waals surface area contributed by atoms with Crippen molar-refractivity contribution in [1.29, 1.82) is 0 Å². The number of H-pyrrole nitrogens is 1. The second kappa shape index (κ2) is 6.16. The topological polar surface area (TPSA) is 28.1 Å². The lowest BCUT2D eigenvalue weighted by atomic mass is 10.1. The van der Waals surface area contributed by atoms with Gasteiger partial charge in [-0.1, -0.05) is 12.1 Å². The van der Waals surface area contributed by atoms with Crippen molar-refractivity contribution in [3.63, 3.8) is 0 Å². The molecule has 1 aliphatic heterocycles. The first kappa shape index (κ1) is 16.1. The largest absolute Gasteiger partial charge is 0.420 e. The number of thiophene rings is 2. The summed E-state index contributed by atoms with van der Waals surface area (Å²) in [6, 6.07) is 10.5. The van der Waals surface area contributed by atoms with E-state index >= 15 is 0 Å². The average Bonchev–Trinajstić information content (AvgIpc) is 3.34. The van der Waals surface area contributed by atoms with E-state index < -0.39 is 11.7 Å². The van der Waals surface area contributed by atoms with Gasteiger partial charge in [-0.3, -0.25) is 0 Å². The fourth-order valence-electron chi connectivity index (χ4n) is 2.62. The van der Waals surface area contributed by atoms with E-state index in [1.54, 1.807) is 12.1 Å². The molecule has 0 unspecified atom stereocenters. The van der Waals surface area contributed by atoms with Crippen molar-refractivity contribution >= 4 is 34.0 Å². The van der Waals surface area contributed by atoms with Gasteiger partial charge in [0.05, 0.1) is 32.6 Å². The number of hydrogen-bond donors (Lipinski definition) is 1. The summed E-state index contributed by atoms with van der Waals surface area (Å²) < 4.78 is 41.1. The molecule has 0 aliphatic carbocycles. The molecule has 126 valence electrons. The Kier molecular flexibility index (Phi) is 3.97. The Morgan fingerprint density at radius 1 is 0.920 bits per heavy atom. The zero-order chi connectivity index (χ0) is 17.4. The molecule has 0 saturated carbocycles. The number of allylic oxidation sites excluding steroid dienone is 3. The van der Waals surface area contributed by atoms with Crippen LogP contribution in [0.15, 0.2) is 70.0 Å². The number of halogens is 3. The molecule has 0 aromatic carbocycles. The number of nitrogens with one attached hydrogen (secondary N) is 1. The summed E-state index contributed by atoms with van der Waals surface area (Å²) in [6.07, 6.45) is -1.47. The van der Waals surface area contributed by atoms with Gasteiger partial charge in [0.1, 0.15) is 5.57 Å². The molecule has 4 rings (SSSR count). The summed E-state index contributed by atoms with van der Waals surface area (Å²) in [6.45, 7) is 0. The normalized spacial score (nSPS) is 16.4. The molecule has 0 saturated heterocycles. The Labute approximate surface area is 149 Å². The van der Waals surface area contributed by atoms with Gasteiger partial charge in [0.25, 0.3) is 0 Å². The van der Waals surface area contributed by atoms with Gasteiger partial charge in [0.2, 0.25) is 0 Å². The van der Waals surface area contributed by atoms with Crippen LogP contribution in [0.2, 0.25) is 0 Å². The van der Waals surface area contributed by atoms with E-state index in [9.17, 15) is 13.2 Å². The number of aromatic nitrogens is 1. The first-order chi connectivity index (χ1) is 12.0. The lowest BCUT2D eigenvalue weighted by Gasteiger charge is -2.11. The van der Waals surface area contributed by atoms with Crippen molar-refractivity contribution < 1.29 is 13.2 Å². The molecule has 0 spiro atoms. The van der Waals surface area contributed by atoms with Crippen LogP contribution in [-0.2, 0) is 0 Å². The highest BCUT2D eigenvalue weighted by Gasteiger charge is 2.38. The average molecular weight is 376 g/mol. The van der Waals surface area contributed by atoms with Crippen LogP contribution in [-0.4, -0.2) is 16.9 Å². The summed E-state index contributed by atoms with van der Waals surface area (Å²) in [5.74, 6) is 0. The first-order valence-corrected chi connectivity index (χ1v) is 9.14. The van der Waals surface area contributed by atoms with Crippen molar-refractivity contribution in [3.05, 3.63) is 75.6 Å². The highest BCUT2D eigenvalue weighted by Crippen LogP contribution is 2.39. The van der Waals surface area contributed by atoms with E-state index in [0.717, 1.165) is 9.75 Å². The second-order valence-electron chi connectivity index (χ2n) is 5.33. The van der Waals surface area contributed by atoms with Crippen LogP contribution in [0.4, 0.5) is 13.2 Å². The molecule has 4 heterocycles. The third-order valence-electron chi connectivity index (χ3n) is 3.70. The van der Waals surface area contributed by atoms with Crippen molar-refractivity contribution in [3.8, 4) is 10.6 Å². The van der Waals surface area contributed by atoms with E-state index in [1.165, 1.54) is 34.8 Å². The SMILES string of the molecule is FC(F)(F)C(=C1C=CC(c2cccs2)=N1)c1ccc(-c2cccs2)[nH]1. The van der Waals surface area contributed by atoms with E-state index in [0.29, 0.717) is 11.4 Å². The molecule has 0 bridgehead atoms. The Morgan fingerprint density at radius 2 is 1.64 bits per heavy atom. The predicted molar refractivity (Wildman–Crippen MR) is 97.1 cm³/mol. The van der Waals surface area contributed by atoms with Gasteiger partial charge in [0.15, 0.2) is 0 Å². The third-order valence-corrected chi connectivity index (χ3v) is 5.49. The summed E-state index contributed by atoms with van der Waals surface area (Å²) >= 11 is 2.92. The Morgan fingerprint density at radius 3 is 2.28 bits per heavy atom. The minimum Gasteiger partial charge on any atom is -0.354 e. The van der Waals surface area contributed by atoms with Crippen LogP contribution in [0, 0.1) is 0 Å². The molecule has 0 amide bonds. The molecule has 1 N–H and O–H groups in total. The second-order valence-corrected chi connectivity index (χ2v) is 7.22. The van der Waals surface area contributed by atoms with Crippen LogP contribution in [0.1, 0.15) is 10.6 Å². The highest BCUT2D eigenvalue weighted by atomic mass is 32.1.